The lowest BCUT2D eigenvalue weighted by Crippen LogP contribution is -1.81. The van der Waals surface area contributed by atoms with Crippen LogP contribution < -0.4 is 0 Å². The maximum absolute atomic E-state index is 11.6. The molecule has 0 aliphatic heterocycles. The zero-order valence-electron chi connectivity index (χ0n) is 3.60. The van der Waals surface area contributed by atoms with Gasteiger partial charge in [-0.05, 0) is 6.08 Å². The van der Waals surface area contributed by atoms with Crippen LogP contribution in [0.3, 0.4) is 0 Å². The minimum atomic E-state index is -3.00. The van der Waals surface area contributed by atoms with Gasteiger partial charge in [0.25, 0.3) is 0 Å². The maximum Gasteiger partial charge on any atom is 0.226 e. The molecular formula is C3H6FO2P. The van der Waals surface area contributed by atoms with E-state index >= 15 is 0 Å². The van der Waals surface area contributed by atoms with Crippen LogP contribution in [0.4, 0.5) is 4.39 Å². The fourth-order valence-electron chi connectivity index (χ4n) is 0.101. The number of rotatable bonds is 2. The number of hydrogen-bond acceptors (Lipinski definition) is 1. The Labute approximate surface area is 41.5 Å². The summed E-state index contributed by atoms with van der Waals surface area (Å²) in [5, 5.41) is 0. The topological polar surface area (TPSA) is 37.3 Å². The highest BCUT2D eigenvalue weighted by Crippen LogP contribution is 2.23. The highest BCUT2D eigenvalue weighted by Gasteiger charge is 2.03. The molecule has 0 heterocycles. The van der Waals surface area contributed by atoms with Crippen LogP contribution >= 0.6 is 8.03 Å². The van der Waals surface area contributed by atoms with Crippen molar-refractivity contribution in [2.24, 2.45) is 0 Å². The molecule has 0 saturated carbocycles. The van der Waals surface area contributed by atoms with Crippen molar-refractivity contribution in [1.29, 1.82) is 0 Å². The predicted molar refractivity (Wildman–Crippen MR) is 26.3 cm³/mol. The van der Waals surface area contributed by atoms with Crippen LogP contribution in [-0.4, -0.2) is 10.8 Å². The van der Waals surface area contributed by atoms with E-state index in [1.165, 1.54) is 0 Å². The SMILES string of the molecule is C=CC(F)[PH](=O)O. The van der Waals surface area contributed by atoms with Gasteiger partial charge < -0.3 is 4.89 Å². The molecule has 0 spiro atoms. The van der Waals surface area contributed by atoms with Gasteiger partial charge in [-0.1, -0.05) is 6.58 Å². The van der Waals surface area contributed by atoms with Gasteiger partial charge in [-0.2, -0.15) is 0 Å². The van der Waals surface area contributed by atoms with Crippen LogP contribution in [0.25, 0.3) is 0 Å². The molecule has 42 valence electrons. The third-order valence-corrected chi connectivity index (χ3v) is 1.15. The number of hydrogen-bond donors (Lipinski definition) is 1. The van der Waals surface area contributed by atoms with Crippen LogP contribution in [0.2, 0.25) is 0 Å². The van der Waals surface area contributed by atoms with E-state index in [0.29, 0.717) is 0 Å². The van der Waals surface area contributed by atoms with Gasteiger partial charge in [0.2, 0.25) is 8.03 Å². The lowest BCUT2D eigenvalue weighted by Gasteiger charge is -1.90. The standard InChI is InChI=1S/C3H6FO2P/c1-2-3(4)7(5)6/h2-3,7H,1H2,(H,5,6). The first-order valence-corrected chi connectivity index (χ1v) is 3.11. The summed E-state index contributed by atoms with van der Waals surface area (Å²) in [5.41, 5.74) is 0. The largest absolute Gasteiger partial charge is 0.344 e. The number of allylic oxidation sites excluding steroid dienone is 1. The van der Waals surface area contributed by atoms with E-state index in [9.17, 15) is 8.96 Å². The van der Waals surface area contributed by atoms with Gasteiger partial charge in [-0.15, -0.1) is 0 Å². The smallest absolute Gasteiger partial charge is 0.226 e. The Balaban J connectivity index is 3.55. The molecule has 0 rings (SSSR count). The predicted octanol–water partition coefficient (Wildman–Crippen LogP) is 0.935. The molecule has 2 unspecified atom stereocenters. The molecule has 0 fully saturated rings. The van der Waals surface area contributed by atoms with Crippen molar-refractivity contribution in [1.82, 2.24) is 0 Å². The van der Waals surface area contributed by atoms with Gasteiger partial charge >= 0.3 is 0 Å². The average molecular weight is 124 g/mol. The van der Waals surface area contributed by atoms with Gasteiger partial charge in [0.05, 0.1) is 0 Å². The van der Waals surface area contributed by atoms with Crippen LogP contribution in [-0.2, 0) is 4.57 Å². The molecule has 1 N–H and O–H groups in total. The third-order valence-electron chi connectivity index (χ3n) is 0.443. The van der Waals surface area contributed by atoms with E-state index in [0.717, 1.165) is 6.08 Å². The van der Waals surface area contributed by atoms with E-state index in [-0.39, 0.29) is 0 Å². The van der Waals surface area contributed by atoms with E-state index in [1.54, 1.807) is 0 Å². The lowest BCUT2D eigenvalue weighted by molar-refractivity contribution is 0.428. The second-order valence-electron chi connectivity index (χ2n) is 0.976. The normalized spacial score (nSPS) is 18.0. The Morgan fingerprint density at radius 2 is 2.43 bits per heavy atom. The van der Waals surface area contributed by atoms with Crippen molar-refractivity contribution >= 4 is 8.03 Å². The van der Waals surface area contributed by atoms with Gasteiger partial charge in [-0.3, -0.25) is 4.57 Å². The zero-order chi connectivity index (χ0) is 5.86. The quantitative estimate of drug-likeness (QED) is 0.439. The molecule has 4 heteroatoms. The fraction of sp³-hybridized carbons (Fsp3) is 0.333. The first-order valence-electron chi connectivity index (χ1n) is 1.68. The van der Waals surface area contributed by atoms with Crippen molar-refractivity contribution in [2.75, 3.05) is 0 Å². The maximum atomic E-state index is 11.6. The van der Waals surface area contributed by atoms with Gasteiger partial charge in [-0.25, -0.2) is 4.39 Å². The Morgan fingerprint density at radius 3 is 2.43 bits per heavy atom. The molecule has 0 aromatic rings. The Kier molecular flexibility index (Phi) is 2.88. The average Bonchev–Trinajstić information content (AvgIpc) is 1.65. The molecule has 0 radical (unpaired) electrons. The summed E-state index contributed by atoms with van der Waals surface area (Å²) in [5.74, 6) is -1.73. The highest BCUT2D eigenvalue weighted by molar-refractivity contribution is 7.38. The Bertz CT molecular complexity index is 92.9. The summed E-state index contributed by atoms with van der Waals surface area (Å²) in [4.78, 5) is 7.92. The van der Waals surface area contributed by atoms with Gasteiger partial charge in [0, 0.05) is 0 Å². The van der Waals surface area contributed by atoms with Crippen LogP contribution in [0, 0.1) is 0 Å². The molecular weight excluding hydrogens is 118 g/mol. The van der Waals surface area contributed by atoms with Crippen molar-refractivity contribution < 1.29 is 13.8 Å². The van der Waals surface area contributed by atoms with Crippen molar-refractivity contribution in [3.8, 4) is 0 Å². The second kappa shape index (κ2) is 2.94. The molecule has 7 heavy (non-hydrogen) atoms. The van der Waals surface area contributed by atoms with Crippen LogP contribution in [0.15, 0.2) is 12.7 Å². The molecule has 0 aromatic carbocycles. The minimum Gasteiger partial charge on any atom is -0.344 e. The van der Waals surface area contributed by atoms with Crippen molar-refractivity contribution in [2.45, 2.75) is 5.91 Å². The molecule has 0 bridgehead atoms. The van der Waals surface area contributed by atoms with Gasteiger partial charge in [0.15, 0.2) is 5.91 Å². The van der Waals surface area contributed by atoms with E-state index in [4.69, 9.17) is 4.89 Å². The first kappa shape index (κ1) is 6.86. The number of alkyl halides is 1. The van der Waals surface area contributed by atoms with Gasteiger partial charge in [0.1, 0.15) is 0 Å². The zero-order valence-corrected chi connectivity index (χ0v) is 4.60. The summed E-state index contributed by atoms with van der Waals surface area (Å²) < 4.78 is 21.3. The molecule has 0 amide bonds. The first-order chi connectivity index (χ1) is 3.18. The van der Waals surface area contributed by atoms with Crippen molar-refractivity contribution in [3.63, 3.8) is 0 Å². The fourth-order valence-corrected chi connectivity index (χ4v) is 0.302. The molecule has 0 saturated heterocycles. The Hall–Kier alpha value is -0.140. The molecule has 0 aliphatic carbocycles. The molecule has 0 aromatic heterocycles. The summed E-state index contributed by atoms with van der Waals surface area (Å²) >= 11 is 0. The molecule has 2 nitrogen and oxygen atoms in total. The second-order valence-corrected chi connectivity index (χ2v) is 2.20. The molecule has 0 aliphatic rings. The molecule has 2 atom stereocenters. The number of halogens is 1. The van der Waals surface area contributed by atoms with Crippen LogP contribution in [0.5, 0.6) is 0 Å². The highest BCUT2D eigenvalue weighted by atomic mass is 31.1. The summed E-state index contributed by atoms with van der Waals surface area (Å²) in [6.45, 7) is 2.97. The van der Waals surface area contributed by atoms with E-state index in [1.807, 2.05) is 0 Å². The summed E-state index contributed by atoms with van der Waals surface area (Å²) in [6, 6.07) is 0. The minimum absolute atomic E-state index is 0.807. The Morgan fingerprint density at radius 1 is 2.00 bits per heavy atom. The summed E-state index contributed by atoms with van der Waals surface area (Å²) in [7, 11) is -3.00. The van der Waals surface area contributed by atoms with Crippen molar-refractivity contribution in [3.05, 3.63) is 12.7 Å². The van der Waals surface area contributed by atoms with Crippen LogP contribution in [0.1, 0.15) is 0 Å². The summed E-state index contributed by atoms with van der Waals surface area (Å²) in [6.07, 6.45) is 0.807. The third kappa shape index (κ3) is 2.54. The monoisotopic (exact) mass is 124 g/mol. The lowest BCUT2D eigenvalue weighted by atomic mass is 10.7. The van der Waals surface area contributed by atoms with E-state index in [2.05, 4.69) is 6.58 Å². The van der Waals surface area contributed by atoms with E-state index < -0.39 is 13.9 Å².